The quantitative estimate of drug-likeness (QED) is 0.168. The number of aromatic nitrogens is 2. The molecule has 2 aliphatic rings. The fourth-order valence-corrected chi connectivity index (χ4v) is 9.64. The lowest BCUT2D eigenvalue weighted by molar-refractivity contribution is 0.651. The van der Waals surface area contributed by atoms with Gasteiger partial charge in [0.05, 0.1) is 11.0 Å². The largest absolute Gasteiger partial charge is 0.309 e. The Morgan fingerprint density at radius 3 is 1.91 bits per heavy atom. The summed E-state index contributed by atoms with van der Waals surface area (Å²) in [7, 11) is 0. The molecule has 0 unspecified atom stereocenters. The Labute approximate surface area is 315 Å². The zero-order chi connectivity index (χ0) is 36.0. The Hall–Kier alpha value is -6.51. The first-order chi connectivity index (χ1) is 26.6. The van der Waals surface area contributed by atoms with E-state index in [9.17, 15) is 0 Å². The summed E-state index contributed by atoms with van der Waals surface area (Å²) in [5, 5.41) is 7.43. The molecule has 0 radical (unpaired) electrons. The average Bonchev–Trinajstić information content (AvgIpc) is 3.68. The lowest BCUT2D eigenvalue weighted by Crippen LogP contribution is -2.17. The van der Waals surface area contributed by atoms with E-state index < -0.39 is 0 Å². The van der Waals surface area contributed by atoms with Gasteiger partial charge in [0.2, 0.25) is 0 Å². The van der Waals surface area contributed by atoms with Crippen molar-refractivity contribution in [2.45, 2.75) is 32.1 Å². The zero-order valence-corrected chi connectivity index (χ0v) is 30.5. The highest BCUT2D eigenvalue weighted by molar-refractivity contribution is 6.22. The normalized spacial score (nSPS) is 14.7. The SMILES string of the molecule is CC1(C)C2=C(CCC=C2)c2ccc(-n3c4ccncc4c4cc(-c5ccc6c(-c7ccccc7)c7ccccc7c(-c7ccccc7)c6c5)ccc43)cc21. The molecule has 0 N–H and O–H groups in total. The standard InChI is InChI=1S/C52H38N2/c1-52(2)46-20-12-11-17-38(46)39-25-23-37(31-47(39)52)54-48-26-22-36(29-43(48)45-32-53-28-27-49(45)54)35-21-24-42-44(30-35)51(34-15-7-4-8-16-34)41-19-10-9-18-40(41)50(42)33-13-5-3-6-14-33/h3-10,12-16,18-32H,11,17H2,1-2H3. The van der Waals surface area contributed by atoms with Crippen LogP contribution >= 0.6 is 0 Å². The molecule has 2 aliphatic carbocycles. The van der Waals surface area contributed by atoms with Gasteiger partial charge >= 0.3 is 0 Å². The molecule has 2 aromatic heterocycles. The lowest BCUT2D eigenvalue weighted by atomic mass is 9.80. The fourth-order valence-electron chi connectivity index (χ4n) is 9.64. The van der Waals surface area contributed by atoms with E-state index in [4.69, 9.17) is 0 Å². The van der Waals surface area contributed by atoms with Crippen LogP contribution in [0.15, 0.2) is 176 Å². The minimum absolute atomic E-state index is 0.0224. The third-order valence-electron chi connectivity index (χ3n) is 12.2. The van der Waals surface area contributed by atoms with Crippen molar-refractivity contribution in [1.29, 1.82) is 0 Å². The first kappa shape index (κ1) is 31.1. The predicted molar refractivity (Wildman–Crippen MR) is 228 cm³/mol. The molecule has 2 heteroatoms. The number of benzene rings is 7. The van der Waals surface area contributed by atoms with Crippen molar-refractivity contribution in [2.75, 3.05) is 0 Å². The molecular formula is C52H38N2. The Kier molecular flexibility index (Phi) is 6.76. The van der Waals surface area contributed by atoms with E-state index in [1.165, 1.54) is 99.3 Å². The molecule has 0 amide bonds. The summed E-state index contributed by atoms with van der Waals surface area (Å²) in [6.07, 6.45) is 10.9. The molecule has 0 saturated carbocycles. The highest BCUT2D eigenvalue weighted by atomic mass is 15.0. The maximum atomic E-state index is 4.63. The molecule has 0 fully saturated rings. The average molecular weight is 691 g/mol. The van der Waals surface area contributed by atoms with Crippen LogP contribution < -0.4 is 0 Å². The highest BCUT2D eigenvalue weighted by Crippen LogP contribution is 2.51. The van der Waals surface area contributed by atoms with Crippen molar-refractivity contribution in [3.63, 3.8) is 0 Å². The zero-order valence-electron chi connectivity index (χ0n) is 30.5. The van der Waals surface area contributed by atoms with Crippen LogP contribution in [-0.4, -0.2) is 9.55 Å². The van der Waals surface area contributed by atoms with Crippen LogP contribution in [0.5, 0.6) is 0 Å². The second-order valence-corrected chi connectivity index (χ2v) is 15.4. The van der Waals surface area contributed by atoms with Gasteiger partial charge in [-0.3, -0.25) is 4.98 Å². The fraction of sp³-hybridized carbons (Fsp3) is 0.0962. The molecule has 7 aromatic carbocycles. The van der Waals surface area contributed by atoms with Gasteiger partial charge in [-0.15, -0.1) is 0 Å². The van der Waals surface area contributed by atoms with E-state index >= 15 is 0 Å². The van der Waals surface area contributed by atoms with Gasteiger partial charge in [0, 0.05) is 34.3 Å². The molecule has 11 rings (SSSR count). The van der Waals surface area contributed by atoms with Crippen molar-refractivity contribution in [3.8, 4) is 39.1 Å². The van der Waals surface area contributed by atoms with E-state index in [1.54, 1.807) is 0 Å². The van der Waals surface area contributed by atoms with Gasteiger partial charge in [0.1, 0.15) is 0 Å². The van der Waals surface area contributed by atoms with Gasteiger partial charge in [-0.1, -0.05) is 135 Å². The second-order valence-electron chi connectivity index (χ2n) is 15.4. The monoisotopic (exact) mass is 690 g/mol. The molecule has 256 valence electrons. The van der Waals surface area contributed by atoms with Crippen molar-refractivity contribution in [2.24, 2.45) is 0 Å². The number of rotatable bonds is 4. The molecular weight excluding hydrogens is 653 g/mol. The summed E-state index contributed by atoms with van der Waals surface area (Å²) in [6.45, 7) is 4.77. The molecule has 2 nitrogen and oxygen atoms in total. The molecule has 0 spiro atoms. The summed E-state index contributed by atoms with van der Waals surface area (Å²) >= 11 is 0. The molecule has 9 aromatic rings. The minimum atomic E-state index is -0.0224. The van der Waals surface area contributed by atoms with Crippen molar-refractivity contribution in [1.82, 2.24) is 9.55 Å². The first-order valence-electron chi connectivity index (χ1n) is 19.1. The van der Waals surface area contributed by atoms with Gasteiger partial charge in [0.25, 0.3) is 0 Å². The molecule has 0 aliphatic heterocycles. The van der Waals surface area contributed by atoms with Crippen LogP contribution in [-0.2, 0) is 5.41 Å². The topological polar surface area (TPSA) is 17.8 Å². The van der Waals surface area contributed by atoms with Crippen LogP contribution in [0.1, 0.15) is 37.8 Å². The van der Waals surface area contributed by atoms with E-state index in [0.29, 0.717) is 0 Å². The third-order valence-corrected chi connectivity index (χ3v) is 12.2. The number of nitrogens with zero attached hydrogens (tertiary/aromatic N) is 2. The van der Waals surface area contributed by atoms with Crippen LogP contribution in [0.3, 0.4) is 0 Å². The van der Waals surface area contributed by atoms with Gasteiger partial charge < -0.3 is 4.57 Å². The number of pyridine rings is 1. The number of allylic oxidation sites excluding steroid dienone is 4. The Balaban J connectivity index is 1.12. The number of fused-ring (bicyclic) bond motifs is 7. The summed E-state index contributed by atoms with van der Waals surface area (Å²) < 4.78 is 2.44. The van der Waals surface area contributed by atoms with E-state index in [0.717, 1.165) is 18.2 Å². The molecule has 2 heterocycles. The summed E-state index contributed by atoms with van der Waals surface area (Å²) in [6, 6.07) is 54.0. The van der Waals surface area contributed by atoms with Gasteiger partial charge in [0.15, 0.2) is 0 Å². The van der Waals surface area contributed by atoms with E-state index in [-0.39, 0.29) is 5.41 Å². The number of hydrogen-bond donors (Lipinski definition) is 0. The molecule has 54 heavy (non-hydrogen) atoms. The molecule has 0 atom stereocenters. The lowest BCUT2D eigenvalue weighted by Gasteiger charge is -2.24. The van der Waals surface area contributed by atoms with Crippen LogP contribution in [0.4, 0.5) is 0 Å². The summed E-state index contributed by atoms with van der Waals surface area (Å²) in [4.78, 5) is 4.63. The van der Waals surface area contributed by atoms with Gasteiger partial charge in [-0.25, -0.2) is 0 Å². The van der Waals surface area contributed by atoms with Crippen LogP contribution in [0.2, 0.25) is 0 Å². The van der Waals surface area contributed by atoms with Crippen molar-refractivity contribution in [3.05, 3.63) is 187 Å². The first-order valence-corrected chi connectivity index (χ1v) is 19.1. The van der Waals surface area contributed by atoms with Crippen molar-refractivity contribution >= 4 is 48.9 Å². The Bertz CT molecular complexity index is 3050. The van der Waals surface area contributed by atoms with E-state index in [1.807, 2.05) is 12.4 Å². The third kappa shape index (κ3) is 4.50. The van der Waals surface area contributed by atoms with E-state index in [2.05, 4.69) is 181 Å². The van der Waals surface area contributed by atoms with Gasteiger partial charge in [-0.05, 0) is 126 Å². The number of hydrogen-bond acceptors (Lipinski definition) is 1. The maximum Gasteiger partial charge on any atom is 0.0571 e. The van der Waals surface area contributed by atoms with Gasteiger partial charge in [-0.2, -0.15) is 0 Å². The van der Waals surface area contributed by atoms with Crippen LogP contribution in [0.25, 0.3) is 88.0 Å². The maximum absolute atomic E-state index is 4.63. The smallest absolute Gasteiger partial charge is 0.0571 e. The summed E-state index contributed by atoms with van der Waals surface area (Å²) in [5.74, 6) is 0. The minimum Gasteiger partial charge on any atom is -0.309 e. The van der Waals surface area contributed by atoms with Crippen LogP contribution in [0, 0.1) is 0 Å². The Morgan fingerprint density at radius 1 is 0.537 bits per heavy atom. The Morgan fingerprint density at radius 2 is 1.17 bits per heavy atom. The molecule has 0 saturated heterocycles. The predicted octanol–water partition coefficient (Wildman–Crippen LogP) is 13.9. The second kappa shape index (κ2) is 11.7. The highest BCUT2D eigenvalue weighted by Gasteiger charge is 2.37. The molecule has 0 bridgehead atoms. The summed E-state index contributed by atoms with van der Waals surface area (Å²) in [5.41, 5.74) is 16.8. The van der Waals surface area contributed by atoms with Crippen molar-refractivity contribution < 1.29 is 0 Å².